The van der Waals surface area contributed by atoms with Gasteiger partial charge in [0.15, 0.2) is 4.80 Å². The van der Waals surface area contributed by atoms with Gasteiger partial charge in [0.25, 0.3) is 5.91 Å². The van der Waals surface area contributed by atoms with Gasteiger partial charge < -0.3 is 4.57 Å². The predicted molar refractivity (Wildman–Crippen MR) is 134 cm³/mol. The number of hydrogen-bond acceptors (Lipinski definition) is 4. The summed E-state index contributed by atoms with van der Waals surface area (Å²) in [6, 6.07) is 10.1. The molecule has 1 amide bonds. The molecule has 0 saturated heterocycles. The zero-order valence-corrected chi connectivity index (χ0v) is 21.1. The highest BCUT2D eigenvalue weighted by molar-refractivity contribution is 7.89. The van der Waals surface area contributed by atoms with E-state index in [0.717, 1.165) is 34.2 Å². The summed E-state index contributed by atoms with van der Waals surface area (Å²) in [4.78, 5) is 17.9. The van der Waals surface area contributed by atoms with E-state index < -0.39 is 15.9 Å². The Hall–Kier alpha value is -2.73. The number of carbonyl (C=O) groups excluding carboxylic acids is 1. The van der Waals surface area contributed by atoms with Crippen molar-refractivity contribution in [3.8, 4) is 12.3 Å². The molecule has 174 valence electrons. The third kappa shape index (κ3) is 5.27. The van der Waals surface area contributed by atoms with Gasteiger partial charge in [-0.25, -0.2) is 8.42 Å². The van der Waals surface area contributed by atoms with Crippen LogP contribution in [0.2, 0.25) is 0 Å². The molecule has 1 aromatic heterocycles. The molecular weight excluding hydrogens is 454 g/mol. The summed E-state index contributed by atoms with van der Waals surface area (Å²) in [6.45, 7) is 9.10. The fraction of sp³-hybridized carbons (Fsp3) is 0.360. The minimum Gasteiger partial charge on any atom is -0.305 e. The maximum Gasteiger partial charge on any atom is 0.279 e. The van der Waals surface area contributed by atoms with Crippen molar-refractivity contribution in [2.45, 2.75) is 52.0 Å². The zero-order chi connectivity index (χ0) is 24.2. The molecule has 0 unspecified atom stereocenters. The molecule has 0 aliphatic heterocycles. The van der Waals surface area contributed by atoms with Crippen LogP contribution in [0.3, 0.4) is 0 Å². The van der Waals surface area contributed by atoms with Crippen molar-refractivity contribution in [2.24, 2.45) is 4.99 Å². The number of aryl methyl sites for hydroxylation is 2. The van der Waals surface area contributed by atoms with Crippen molar-refractivity contribution in [3.63, 3.8) is 0 Å². The van der Waals surface area contributed by atoms with Crippen LogP contribution in [-0.4, -0.2) is 36.3 Å². The molecule has 0 atom stereocenters. The van der Waals surface area contributed by atoms with Crippen LogP contribution in [0.25, 0.3) is 10.2 Å². The minimum atomic E-state index is -3.60. The van der Waals surface area contributed by atoms with Gasteiger partial charge in [0.1, 0.15) is 0 Å². The lowest BCUT2D eigenvalue weighted by atomic mass is 10.1. The van der Waals surface area contributed by atoms with Crippen molar-refractivity contribution >= 4 is 37.5 Å². The van der Waals surface area contributed by atoms with Crippen molar-refractivity contribution < 1.29 is 13.2 Å². The molecular formula is C25H29N3O3S2. The van der Waals surface area contributed by atoms with Crippen LogP contribution < -0.4 is 4.80 Å². The molecule has 2 aromatic carbocycles. The van der Waals surface area contributed by atoms with E-state index in [1.54, 1.807) is 0 Å². The fourth-order valence-corrected chi connectivity index (χ4v) is 6.10. The average Bonchev–Trinajstić information content (AvgIpc) is 3.10. The Morgan fingerprint density at radius 2 is 1.82 bits per heavy atom. The summed E-state index contributed by atoms with van der Waals surface area (Å²) < 4.78 is 30.1. The van der Waals surface area contributed by atoms with Crippen molar-refractivity contribution in [2.75, 3.05) is 13.1 Å². The zero-order valence-electron chi connectivity index (χ0n) is 19.5. The number of amides is 1. The molecule has 8 heteroatoms. The molecule has 3 aromatic rings. The molecule has 0 aliphatic rings. The van der Waals surface area contributed by atoms with Gasteiger partial charge in [-0.2, -0.15) is 9.30 Å². The summed E-state index contributed by atoms with van der Waals surface area (Å²) in [5, 5.41) is 0. The first-order chi connectivity index (χ1) is 15.7. The number of hydrogen-bond donors (Lipinski definition) is 0. The molecule has 6 nitrogen and oxygen atoms in total. The Balaban J connectivity index is 1.96. The average molecular weight is 484 g/mol. The molecule has 3 rings (SSSR count). The van der Waals surface area contributed by atoms with Crippen LogP contribution >= 0.6 is 11.3 Å². The quantitative estimate of drug-likeness (QED) is 0.443. The summed E-state index contributed by atoms with van der Waals surface area (Å²) in [5.74, 6) is 2.19. The maximum absolute atomic E-state index is 12.9. The first-order valence-electron chi connectivity index (χ1n) is 11.0. The van der Waals surface area contributed by atoms with Crippen LogP contribution in [0, 0.1) is 26.2 Å². The third-order valence-electron chi connectivity index (χ3n) is 5.60. The Labute approximate surface area is 199 Å². The molecule has 0 radical (unpaired) electrons. The maximum atomic E-state index is 12.9. The first kappa shape index (κ1) is 24.9. The third-order valence-corrected chi connectivity index (χ3v) is 8.63. The van der Waals surface area contributed by atoms with Gasteiger partial charge in [-0.1, -0.05) is 37.5 Å². The summed E-state index contributed by atoms with van der Waals surface area (Å²) in [6.07, 6.45) is 7.27. The number of thiazole rings is 1. The summed E-state index contributed by atoms with van der Waals surface area (Å²) >= 11 is 1.41. The normalized spacial score (nSPS) is 12.4. The van der Waals surface area contributed by atoms with E-state index in [1.807, 2.05) is 32.3 Å². The highest BCUT2D eigenvalue weighted by atomic mass is 32.2. The molecule has 0 bridgehead atoms. The van der Waals surface area contributed by atoms with Gasteiger partial charge in [-0.3, -0.25) is 4.79 Å². The van der Waals surface area contributed by atoms with Crippen LogP contribution in [-0.2, 0) is 16.6 Å². The van der Waals surface area contributed by atoms with E-state index in [4.69, 9.17) is 6.42 Å². The second kappa shape index (κ2) is 10.5. The second-order valence-corrected chi connectivity index (χ2v) is 10.8. The predicted octanol–water partition coefficient (Wildman–Crippen LogP) is 4.50. The van der Waals surface area contributed by atoms with Crippen LogP contribution in [0.1, 0.15) is 48.2 Å². The number of aromatic nitrogens is 1. The van der Waals surface area contributed by atoms with Crippen molar-refractivity contribution in [1.29, 1.82) is 0 Å². The Kier molecular flexibility index (Phi) is 7.90. The lowest BCUT2D eigenvalue weighted by molar-refractivity contribution is 0.0998. The van der Waals surface area contributed by atoms with E-state index in [0.29, 0.717) is 30.0 Å². The van der Waals surface area contributed by atoms with Crippen LogP contribution in [0.5, 0.6) is 0 Å². The number of carbonyl (C=O) groups is 1. The Morgan fingerprint density at radius 1 is 1.15 bits per heavy atom. The molecule has 0 saturated carbocycles. The highest BCUT2D eigenvalue weighted by Crippen LogP contribution is 2.22. The largest absolute Gasteiger partial charge is 0.305 e. The number of nitrogens with zero attached hydrogens (tertiary/aromatic N) is 3. The lowest BCUT2D eigenvalue weighted by Crippen LogP contribution is -2.31. The first-order valence-corrected chi connectivity index (χ1v) is 13.2. The lowest BCUT2D eigenvalue weighted by Gasteiger charge is -2.20. The van der Waals surface area contributed by atoms with E-state index in [2.05, 4.69) is 23.0 Å². The SMILES string of the molecule is C#CCn1c(=NC(=O)c2ccc(S(=O)(=O)N(CC)CCCC)cc2)sc2cc(C)c(C)cc21. The number of benzene rings is 2. The topological polar surface area (TPSA) is 71.7 Å². The molecule has 0 spiro atoms. The second-order valence-electron chi connectivity index (χ2n) is 7.87. The van der Waals surface area contributed by atoms with Crippen molar-refractivity contribution in [3.05, 3.63) is 57.9 Å². The molecule has 0 N–H and O–H groups in total. The van der Waals surface area contributed by atoms with Crippen LogP contribution in [0.15, 0.2) is 46.3 Å². The van der Waals surface area contributed by atoms with E-state index >= 15 is 0 Å². The number of terminal acetylenes is 1. The van der Waals surface area contributed by atoms with E-state index in [9.17, 15) is 13.2 Å². The molecule has 0 aliphatic carbocycles. The van der Waals surface area contributed by atoms with Gasteiger partial charge in [0.05, 0.1) is 21.7 Å². The van der Waals surface area contributed by atoms with Gasteiger partial charge in [0.2, 0.25) is 10.0 Å². The molecule has 33 heavy (non-hydrogen) atoms. The summed E-state index contributed by atoms with van der Waals surface area (Å²) in [5.41, 5.74) is 3.57. The standard InChI is InChI=1S/C25H29N3O3S2/c1-6-9-15-27(8-3)33(30,31)21-12-10-20(11-13-21)24(29)26-25-28(14-7-2)22-16-18(4)19(5)17-23(22)32-25/h2,10-13,16-17H,6,8-9,14-15H2,1,3-5H3. The Bertz CT molecular complexity index is 1380. The summed E-state index contributed by atoms with van der Waals surface area (Å²) in [7, 11) is -3.60. The van der Waals surface area contributed by atoms with E-state index in [1.165, 1.54) is 39.9 Å². The van der Waals surface area contributed by atoms with Gasteiger partial charge in [-0.05, 0) is 67.8 Å². The Morgan fingerprint density at radius 3 is 2.42 bits per heavy atom. The van der Waals surface area contributed by atoms with Gasteiger partial charge in [0, 0.05) is 18.7 Å². The smallest absolute Gasteiger partial charge is 0.279 e. The van der Waals surface area contributed by atoms with E-state index in [-0.39, 0.29) is 4.90 Å². The number of rotatable bonds is 8. The fourth-order valence-electron chi connectivity index (χ4n) is 3.50. The van der Waals surface area contributed by atoms with Gasteiger partial charge in [-0.15, -0.1) is 6.42 Å². The van der Waals surface area contributed by atoms with Crippen LogP contribution in [0.4, 0.5) is 0 Å². The highest BCUT2D eigenvalue weighted by Gasteiger charge is 2.22. The van der Waals surface area contributed by atoms with Crippen molar-refractivity contribution in [1.82, 2.24) is 8.87 Å². The number of fused-ring (bicyclic) bond motifs is 1. The number of unbranched alkanes of at least 4 members (excludes halogenated alkanes) is 1. The molecule has 0 fully saturated rings. The van der Waals surface area contributed by atoms with Gasteiger partial charge >= 0.3 is 0 Å². The number of sulfonamides is 1. The minimum absolute atomic E-state index is 0.173. The monoisotopic (exact) mass is 483 g/mol. The molecule has 1 heterocycles.